The zero-order chi connectivity index (χ0) is 6.00. The Kier molecular flexibility index (Phi) is 37.5. The summed E-state index contributed by atoms with van der Waals surface area (Å²) in [5.41, 5.74) is 0. The van der Waals surface area contributed by atoms with Gasteiger partial charge in [-0.2, -0.15) is 0 Å². The molecule has 0 N–H and O–H groups in total. The maximum atomic E-state index is 6.25. The van der Waals surface area contributed by atoms with E-state index in [2.05, 4.69) is 0 Å². The van der Waals surface area contributed by atoms with Crippen LogP contribution in [-0.4, -0.2) is 0 Å². The Bertz CT molecular complexity index is 34.5. The molecule has 30 valence electrons. The molecule has 0 aromatic carbocycles. The smallest absolute Gasteiger partial charge is 0.488 e. The highest BCUT2D eigenvalue weighted by Gasteiger charge is 0.0815. The Morgan fingerprint density at radius 2 is 0.500 bits per heavy atom. The van der Waals surface area contributed by atoms with Crippen LogP contribution in [0.1, 0.15) is 0 Å². The third-order valence-electron chi connectivity index (χ3n) is 0. The van der Waals surface area contributed by atoms with Gasteiger partial charge in [-0.15, -0.1) is 0 Å². The van der Waals surface area contributed by atoms with Gasteiger partial charge in [0, 0.05) is 0 Å². The lowest BCUT2D eigenvalue weighted by atomic mass is 11.9. The van der Waals surface area contributed by atoms with E-state index in [1.54, 1.807) is 0 Å². The first-order valence-electron chi connectivity index (χ1n) is 0.671. The second-order valence-electron chi connectivity index (χ2n) is 0. The molecule has 0 spiro atoms. The number of hydrogen-bond acceptors (Lipinski definition) is 3. The molecular weight excluding hydrogens is 78.1 g/mol. The molecule has 6 heavy (non-hydrogen) atoms. The van der Waals surface area contributed by atoms with Crippen molar-refractivity contribution >= 4 is 0 Å². The second kappa shape index (κ2) is 9.04. The van der Waals surface area contributed by atoms with Crippen molar-refractivity contribution in [3.8, 4) is 0 Å². The van der Waals surface area contributed by atoms with Crippen LogP contribution in [0.3, 0.4) is 0 Å². The molecule has 0 aliphatic heterocycles. The van der Waals surface area contributed by atoms with Crippen LogP contribution in [-0.2, 0) is 0 Å². The summed E-state index contributed by atoms with van der Waals surface area (Å²) in [7, 11) is 0. The Labute approximate surface area is 36.7 Å². The quantitative estimate of drug-likeness (QED) is 0.391. The van der Waals surface area contributed by atoms with E-state index in [0.29, 0.717) is 0 Å². The largest absolute Gasteiger partial charge is 0.512 e. The van der Waals surface area contributed by atoms with Crippen molar-refractivity contribution in [2.45, 2.75) is 0 Å². The minimum Gasteiger partial charge on any atom is -0.512 e. The van der Waals surface area contributed by atoms with Crippen molar-refractivity contribution < 1.29 is 0 Å². The molecule has 0 atom stereocenters. The van der Waals surface area contributed by atoms with Crippen LogP contribution in [0.15, 0.2) is 0 Å². The number of rotatable bonds is 0. The summed E-state index contributed by atoms with van der Waals surface area (Å²) in [6.45, 7) is 14.2. The molecule has 0 bridgehead atoms. The molecule has 0 saturated heterocycles. The highest BCUT2D eigenvalue weighted by Crippen LogP contribution is 0.630. The van der Waals surface area contributed by atoms with E-state index in [-0.39, 0.29) is 0 Å². The Balaban J connectivity index is -0.0000000225. The van der Waals surface area contributed by atoms with Gasteiger partial charge in [-0.3, -0.25) is 0 Å². The SMILES string of the molecule is [C-]#N.[C-]#N.[C-]#N. The lowest BCUT2D eigenvalue weighted by Gasteiger charge is -1.08. The summed E-state index contributed by atoms with van der Waals surface area (Å²) < 4.78 is 0. The van der Waals surface area contributed by atoms with Gasteiger partial charge in [-0.05, 0) is 0 Å². The molecule has 0 aliphatic carbocycles. The molecule has 0 radical (unpaired) electrons. The molecule has 0 heterocycles. The predicted octanol–water partition coefficient (Wildman–Crippen LogP) is 0.289. The van der Waals surface area contributed by atoms with Gasteiger partial charge >= 0.3 is 0 Å². The fourth-order valence-corrected chi connectivity index (χ4v) is 0. The van der Waals surface area contributed by atoms with Gasteiger partial charge in [0.2, 0.25) is 0 Å². The fourth-order valence-electron chi connectivity index (χ4n) is 0. The molecule has 0 aromatic heterocycles. The maximum Gasteiger partial charge on any atom is -0.488 e. The number of nitrogens with zero attached hydrogens (tertiary/aromatic N) is 3. The zero-order valence-corrected chi connectivity index (χ0v) is 2.84. The van der Waals surface area contributed by atoms with Gasteiger partial charge in [0.15, 0.2) is 0 Å². The molecule has 0 rings (SSSR count). The van der Waals surface area contributed by atoms with E-state index in [9.17, 15) is 0 Å². The fraction of sp³-hybridized carbons (Fsp3) is 0. The van der Waals surface area contributed by atoms with Crippen molar-refractivity contribution in [2.24, 2.45) is 0 Å². The maximum absolute atomic E-state index is 6.25. The van der Waals surface area contributed by atoms with Gasteiger partial charge in [0.25, 0.3) is 0 Å². The Hall–Kier alpha value is -1.53. The monoisotopic (exact) mass is 78.0 g/mol. The van der Waals surface area contributed by atoms with E-state index in [1.807, 2.05) is 0 Å². The summed E-state index contributed by atoms with van der Waals surface area (Å²) in [5.74, 6) is 0. The molecule has 0 aliphatic rings. The molecular formula is C3N3-3. The molecule has 0 saturated carbocycles. The summed E-state index contributed by atoms with van der Waals surface area (Å²) >= 11 is 0. The summed E-state index contributed by atoms with van der Waals surface area (Å²) in [6.07, 6.45) is 0. The molecule has 0 unspecified atom stereocenters. The minimum atomic E-state index is 4.75. The topological polar surface area (TPSA) is 71.4 Å². The van der Waals surface area contributed by atoms with E-state index in [0.717, 1.165) is 0 Å². The third-order valence-corrected chi connectivity index (χ3v) is 0. The third kappa shape index (κ3) is 2.28. The Morgan fingerprint density at radius 3 is 0.500 bits per heavy atom. The second-order valence-corrected chi connectivity index (χ2v) is 0. The minimum absolute atomic E-state index is 4.75. The molecule has 0 aromatic rings. The van der Waals surface area contributed by atoms with Crippen LogP contribution < -0.4 is 0 Å². The first-order valence-corrected chi connectivity index (χ1v) is 0.671. The van der Waals surface area contributed by atoms with E-state index in [4.69, 9.17) is 35.5 Å². The van der Waals surface area contributed by atoms with Crippen LogP contribution in [0.2, 0.25) is 0 Å². The van der Waals surface area contributed by atoms with Crippen molar-refractivity contribution in [1.29, 1.82) is 15.8 Å². The molecule has 0 fully saturated rings. The van der Waals surface area contributed by atoms with E-state index >= 15 is 0 Å². The van der Waals surface area contributed by atoms with Crippen molar-refractivity contribution in [1.82, 2.24) is 0 Å². The average Bonchev–Trinajstić information content (AvgIpc) is 1.81. The molecule has 3 heteroatoms. The first-order chi connectivity index (χ1) is 3.00. The van der Waals surface area contributed by atoms with Gasteiger partial charge in [-0.25, -0.2) is 0 Å². The summed E-state index contributed by atoms with van der Waals surface area (Å²) in [5, 5.41) is 18.8. The normalized spacial score (nSPS) is 1.00. The lowest BCUT2D eigenvalue weighted by Crippen LogP contribution is -0.530. The highest BCUT2D eigenvalue weighted by molar-refractivity contribution is 3.44. The lowest BCUT2D eigenvalue weighted by molar-refractivity contribution is 1.53. The van der Waals surface area contributed by atoms with E-state index < -0.39 is 0 Å². The molecule has 3 nitrogen and oxygen atoms in total. The van der Waals surface area contributed by atoms with Gasteiger partial charge in [0.1, 0.15) is 0 Å². The zero-order valence-electron chi connectivity index (χ0n) is 2.84. The van der Waals surface area contributed by atoms with Crippen LogP contribution in [0, 0.1) is 35.5 Å². The van der Waals surface area contributed by atoms with Gasteiger partial charge in [0.05, 0.1) is 0 Å². The Morgan fingerprint density at radius 1 is 0.500 bits per heavy atom. The highest BCUT2D eigenvalue weighted by atomic mass is 14.2. The van der Waals surface area contributed by atoms with E-state index in [1.165, 1.54) is 0 Å². The van der Waals surface area contributed by atoms with Crippen molar-refractivity contribution in [3.63, 3.8) is 0 Å². The standard InChI is InChI=1S/3CN/c3*1-2/q3*-1. The van der Waals surface area contributed by atoms with Crippen molar-refractivity contribution in [2.75, 3.05) is 0 Å². The summed E-state index contributed by atoms with van der Waals surface area (Å²) in [6, 6.07) is 0. The van der Waals surface area contributed by atoms with Gasteiger partial charge < -0.3 is 35.5 Å². The molecule has 0 amide bonds. The van der Waals surface area contributed by atoms with Crippen molar-refractivity contribution in [3.05, 3.63) is 19.7 Å². The van der Waals surface area contributed by atoms with Crippen LogP contribution in [0.5, 0.6) is 0 Å². The first kappa shape index (κ1) is 24.9. The summed E-state index contributed by atoms with van der Waals surface area (Å²) in [4.78, 5) is 0. The van der Waals surface area contributed by atoms with Crippen LogP contribution in [0.4, 0.5) is 0 Å². The van der Waals surface area contributed by atoms with Crippen LogP contribution in [0.25, 0.3) is 0 Å². The van der Waals surface area contributed by atoms with Crippen LogP contribution >= 0.6 is 0 Å². The number of hydrogen-bond donors (Lipinski definition) is 0. The predicted molar refractivity (Wildman–Crippen MR) is 14.9 cm³/mol. The average molecular weight is 78.1 g/mol. The van der Waals surface area contributed by atoms with Gasteiger partial charge in [-0.1, -0.05) is 0 Å².